The molecule has 0 radical (unpaired) electrons. The topological polar surface area (TPSA) is 57.6 Å². The highest BCUT2D eigenvalue weighted by molar-refractivity contribution is 5.84. The lowest BCUT2D eigenvalue weighted by atomic mass is 9.61. The SMILES string of the molecule is O=C(O)CC12CC(CCN1C(=O)C(F)(F)F)C2. The Balaban J connectivity index is 2.19. The standard InChI is InChI=1S/C10H12F3NO3/c11-10(12,13)8(17)14-2-1-6-3-9(14,4-6)5-7(15)16/h6H,1-5H2,(H,15,16). The first-order valence-electron chi connectivity index (χ1n) is 5.35. The highest BCUT2D eigenvalue weighted by Crippen LogP contribution is 2.51. The van der Waals surface area contributed by atoms with Crippen LogP contribution >= 0.6 is 0 Å². The van der Waals surface area contributed by atoms with Gasteiger partial charge in [-0.2, -0.15) is 13.2 Å². The maximum atomic E-state index is 12.4. The number of nitrogens with zero attached hydrogens (tertiary/aromatic N) is 1. The van der Waals surface area contributed by atoms with Crippen LogP contribution in [0.3, 0.4) is 0 Å². The molecular weight excluding hydrogens is 239 g/mol. The number of aliphatic carboxylic acids is 1. The number of amides is 1. The number of piperidine rings is 2. The number of carbonyl (C=O) groups excluding carboxylic acids is 1. The summed E-state index contributed by atoms with van der Waals surface area (Å²) in [6.45, 7) is 0.0102. The number of carboxylic acids is 1. The van der Waals surface area contributed by atoms with Gasteiger partial charge in [0.15, 0.2) is 0 Å². The van der Waals surface area contributed by atoms with E-state index < -0.39 is 30.0 Å². The van der Waals surface area contributed by atoms with Crippen LogP contribution < -0.4 is 0 Å². The molecule has 1 saturated carbocycles. The van der Waals surface area contributed by atoms with Crippen LogP contribution in [-0.4, -0.2) is 40.1 Å². The third-order valence-electron chi connectivity index (χ3n) is 3.64. The number of fused-ring (bicyclic) bond motifs is 2. The van der Waals surface area contributed by atoms with E-state index in [4.69, 9.17) is 5.11 Å². The van der Waals surface area contributed by atoms with Crippen LogP contribution in [0.2, 0.25) is 0 Å². The molecule has 0 spiro atoms. The Morgan fingerprint density at radius 3 is 2.41 bits per heavy atom. The van der Waals surface area contributed by atoms with E-state index in [0.717, 1.165) is 4.90 Å². The lowest BCUT2D eigenvalue weighted by molar-refractivity contribution is -0.205. The second-order valence-electron chi connectivity index (χ2n) is 4.81. The molecule has 1 amide bonds. The molecule has 4 nitrogen and oxygen atoms in total. The minimum atomic E-state index is -4.92. The molecule has 1 N–H and O–H groups in total. The molecule has 2 aliphatic heterocycles. The highest BCUT2D eigenvalue weighted by Gasteiger charge is 2.58. The summed E-state index contributed by atoms with van der Waals surface area (Å²) < 4.78 is 37.2. The highest BCUT2D eigenvalue weighted by atomic mass is 19.4. The van der Waals surface area contributed by atoms with Crippen molar-refractivity contribution in [3.05, 3.63) is 0 Å². The van der Waals surface area contributed by atoms with Crippen molar-refractivity contribution in [1.29, 1.82) is 0 Å². The van der Waals surface area contributed by atoms with E-state index in [2.05, 4.69) is 0 Å². The largest absolute Gasteiger partial charge is 0.481 e. The molecule has 0 atom stereocenters. The Morgan fingerprint density at radius 2 is 1.94 bits per heavy atom. The zero-order chi connectivity index (χ0) is 12.8. The van der Waals surface area contributed by atoms with Crippen LogP contribution in [-0.2, 0) is 9.59 Å². The molecule has 17 heavy (non-hydrogen) atoms. The Bertz CT molecular complexity index is 360. The van der Waals surface area contributed by atoms with Gasteiger partial charge >= 0.3 is 18.1 Å². The minimum Gasteiger partial charge on any atom is -0.481 e. The van der Waals surface area contributed by atoms with Gasteiger partial charge < -0.3 is 10.0 Å². The normalized spacial score (nSPS) is 31.9. The Morgan fingerprint density at radius 1 is 1.35 bits per heavy atom. The molecular formula is C10H12F3NO3. The van der Waals surface area contributed by atoms with Gasteiger partial charge in [0.05, 0.1) is 12.0 Å². The molecule has 2 saturated heterocycles. The quantitative estimate of drug-likeness (QED) is 0.807. The van der Waals surface area contributed by atoms with Gasteiger partial charge in [-0.05, 0) is 25.2 Å². The molecule has 2 heterocycles. The summed E-state index contributed by atoms with van der Waals surface area (Å²) in [6.07, 6.45) is -4.04. The molecule has 3 fully saturated rings. The zero-order valence-electron chi connectivity index (χ0n) is 8.96. The van der Waals surface area contributed by atoms with Crippen molar-refractivity contribution in [1.82, 2.24) is 4.90 Å². The van der Waals surface area contributed by atoms with Gasteiger partial charge in [0.25, 0.3) is 0 Å². The summed E-state index contributed by atoms with van der Waals surface area (Å²) in [7, 11) is 0. The zero-order valence-corrected chi connectivity index (χ0v) is 8.96. The summed E-state index contributed by atoms with van der Waals surface area (Å²) in [6, 6.07) is 0. The molecule has 0 aromatic carbocycles. The molecule has 2 bridgehead atoms. The van der Waals surface area contributed by atoms with Crippen LogP contribution in [0.5, 0.6) is 0 Å². The van der Waals surface area contributed by atoms with Crippen molar-refractivity contribution in [2.45, 2.75) is 37.4 Å². The fourth-order valence-corrected chi connectivity index (χ4v) is 2.98. The van der Waals surface area contributed by atoms with Crippen molar-refractivity contribution in [3.63, 3.8) is 0 Å². The number of hydrogen-bond donors (Lipinski definition) is 1. The van der Waals surface area contributed by atoms with Crippen LogP contribution in [0.4, 0.5) is 13.2 Å². The van der Waals surface area contributed by atoms with Gasteiger partial charge in [-0.3, -0.25) is 9.59 Å². The minimum absolute atomic E-state index is 0.0102. The summed E-state index contributed by atoms with van der Waals surface area (Å²) in [5, 5.41) is 8.74. The predicted molar refractivity (Wildman–Crippen MR) is 50.1 cm³/mol. The van der Waals surface area contributed by atoms with Gasteiger partial charge in [0, 0.05) is 6.54 Å². The first-order chi connectivity index (χ1) is 7.74. The lowest BCUT2D eigenvalue weighted by Gasteiger charge is -2.58. The second kappa shape index (κ2) is 3.61. The number of carbonyl (C=O) groups is 2. The molecule has 0 aromatic rings. The van der Waals surface area contributed by atoms with Crippen LogP contribution in [0.1, 0.15) is 25.7 Å². The third kappa shape index (κ3) is 1.98. The number of carboxylic acid groups (broad SMARTS) is 1. The number of hydrogen-bond acceptors (Lipinski definition) is 2. The predicted octanol–water partition coefficient (Wildman–Crippen LogP) is 1.40. The summed E-state index contributed by atoms with van der Waals surface area (Å²) in [4.78, 5) is 22.7. The molecule has 96 valence electrons. The lowest BCUT2D eigenvalue weighted by Crippen LogP contribution is -2.66. The smallest absolute Gasteiger partial charge is 0.471 e. The van der Waals surface area contributed by atoms with E-state index in [1.807, 2.05) is 0 Å². The molecule has 7 heteroatoms. The fourth-order valence-electron chi connectivity index (χ4n) is 2.98. The first kappa shape index (κ1) is 12.2. The van der Waals surface area contributed by atoms with E-state index in [1.54, 1.807) is 0 Å². The maximum Gasteiger partial charge on any atom is 0.471 e. The average Bonchev–Trinajstić information content (AvgIpc) is 2.12. The van der Waals surface area contributed by atoms with Crippen molar-refractivity contribution in [3.8, 4) is 0 Å². The summed E-state index contributed by atoms with van der Waals surface area (Å²) in [5.74, 6) is -2.80. The van der Waals surface area contributed by atoms with Gasteiger partial charge in [0.1, 0.15) is 0 Å². The monoisotopic (exact) mass is 251 g/mol. The molecule has 0 aromatic heterocycles. The second-order valence-corrected chi connectivity index (χ2v) is 4.81. The van der Waals surface area contributed by atoms with Crippen molar-refractivity contribution in [2.75, 3.05) is 6.54 Å². The van der Waals surface area contributed by atoms with E-state index >= 15 is 0 Å². The van der Waals surface area contributed by atoms with E-state index in [-0.39, 0.29) is 12.5 Å². The number of rotatable bonds is 2. The summed E-state index contributed by atoms with van der Waals surface area (Å²) in [5.41, 5.74) is -1.10. The van der Waals surface area contributed by atoms with Crippen LogP contribution in [0, 0.1) is 5.92 Å². The van der Waals surface area contributed by atoms with Crippen molar-refractivity contribution in [2.24, 2.45) is 5.92 Å². The van der Waals surface area contributed by atoms with Gasteiger partial charge in [-0.25, -0.2) is 0 Å². The average molecular weight is 251 g/mol. The van der Waals surface area contributed by atoms with Crippen LogP contribution in [0.25, 0.3) is 0 Å². The first-order valence-corrected chi connectivity index (χ1v) is 5.35. The van der Waals surface area contributed by atoms with Gasteiger partial charge in [-0.15, -0.1) is 0 Å². The van der Waals surface area contributed by atoms with E-state index in [0.29, 0.717) is 19.3 Å². The molecule has 0 unspecified atom stereocenters. The summed E-state index contributed by atoms with van der Waals surface area (Å²) >= 11 is 0. The Labute approximate surface area is 95.4 Å². The van der Waals surface area contributed by atoms with Crippen molar-refractivity contribution < 1.29 is 27.9 Å². The molecule has 1 aliphatic carbocycles. The Kier molecular flexibility index (Phi) is 2.59. The molecule has 3 aliphatic rings. The fraction of sp³-hybridized carbons (Fsp3) is 0.800. The van der Waals surface area contributed by atoms with E-state index in [9.17, 15) is 22.8 Å². The van der Waals surface area contributed by atoms with Gasteiger partial charge in [-0.1, -0.05) is 0 Å². The third-order valence-corrected chi connectivity index (χ3v) is 3.64. The van der Waals surface area contributed by atoms with Crippen molar-refractivity contribution >= 4 is 11.9 Å². The number of halogens is 3. The molecule has 3 rings (SSSR count). The Hall–Kier alpha value is -1.27. The van der Waals surface area contributed by atoms with Gasteiger partial charge in [0.2, 0.25) is 0 Å². The number of alkyl halides is 3. The maximum absolute atomic E-state index is 12.4. The van der Waals surface area contributed by atoms with E-state index in [1.165, 1.54) is 0 Å². The van der Waals surface area contributed by atoms with Crippen LogP contribution in [0.15, 0.2) is 0 Å².